The van der Waals surface area contributed by atoms with Gasteiger partial charge in [-0.3, -0.25) is 9.59 Å². The quantitative estimate of drug-likeness (QED) is 0.788. The average molecular weight is 331 g/mol. The van der Waals surface area contributed by atoms with E-state index in [0.717, 1.165) is 15.3 Å². The van der Waals surface area contributed by atoms with Gasteiger partial charge in [0.15, 0.2) is 0 Å². The molecule has 23 heavy (non-hydrogen) atoms. The van der Waals surface area contributed by atoms with Crippen molar-refractivity contribution in [3.63, 3.8) is 0 Å². The first-order valence-electron chi connectivity index (χ1n) is 7.15. The number of thioether (sulfide) groups is 1. The lowest BCUT2D eigenvalue weighted by molar-refractivity contribution is -0.131. The van der Waals surface area contributed by atoms with Crippen LogP contribution in [0, 0.1) is 0 Å². The molecule has 1 N–H and O–H groups in total. The standard InChI is InChI=1S/C14H13N5O3S/c20-11-9-3-1-2-4-10(9)16-17-19(11)8-18-12(21)14(15-13(18)22)5-6-23-7-14/h1-4H,5-8H2,(H,15,22). The molecule has 3 heterocycles. The van der Waals surface area contributed by atoms with Gasteiger partial charge in [0.05, 0.1) is 5.39 Å². The van der Waals surface area contributed by atoms with Gasteiger partial charge in [0.2, 0.25) is 0 Å². The van der Waals surface area contributed by atoms with Gasteiger partial charge in [-0.25, -0.2) is 9.69 Å². The Morgan fingerprint density at radius 3 is 2.87 bits per heavy atom. The number of urea groups is 1. The summed E-state index contributed by atoms with van der Waals surface area (Å²) in [6.45, 7) is -0.228. The molecule has 9 heteroatoms. The lowest BCUT2D eigenvalue weighted by Gasteiger charge is -2.19. The fraction of sp³-hybridized carbons (Fsp3) is 0.357. The minimum absolute atomic E-state index is 0.228. The van der Waals surface area contributed by atoms with Crippen molar-refractivity contribution in [1.82, 2.24) is 25.2 Å². The van der Waals surface area contributed by atoms with E-state index < -0.39 is 11.6 Å². The second kappa shape index (κ2) is 5.05. The molecule has 1 atom stereocenters. The molecule has 2 aromatic rings. The molecular formula is C14H13N5O3S. The Morgan fingerprint density at radius 1 is 1.26 bits per heavy atom. The maximum absolute atomic E-state index is 12.6. The van der Waals surface area contributed by atoms with Crippen LogP contribution in [0.3, 0.4) is 0 Å². The first kappa shape index (κ1) is 14.2. The van der Waals surface area contributed by atoms with Crippen molar-refractivity contribution in [3.05, 3.63) is 34.6 Å². The number of nitrogens with one attached hydrogen (secondary N) is 1. The molecule has 0 saturated carbocycles. The zero-order valence-corrected chi connectivity index (χ0v) is 12.9. The summed E-state index contributed by atoms with van der Waals surface area (Å²) in [5.41, 5.74) is -0.720. The normalized spacial score (nSPS) is 23.9. The predicted molar refractivity (Wildman–Crippen MR) is 83.8 cm³/mol. The highest BCUT2D eigenvalue weighted by Crippen LogP contribution is 2.33. The van der Waals surface area contributed by atoms with Crippen LogP contribution in [0.4, 0.5) is 4.79 Å². The number of carbonyl (C=O) groups excluding carboxylic acids is 2. The number of amides is 3. The molecule has 2 saturated heterocycles. The number of aromatic nitrogens is 3. The van der Waals surface area contributed by atoms with E-state index in [1.807, 2.05) is 0 Å². The van der Waals surface area contributed by atoms with E-state index in [9.17, 15) is 14.4 Å². The number of imide groups is 1. The molecular weight excluding hydrogens is 318 g/mol. The Morgan fingerprint density at radius 2 is 2.09 bits per heavy atom. The minimum atomic E-state index is -0.824. The Hall–Kier alpha value is -2.42. The Kier molecular flexibility index (Phi) is 3.12. The van der Waals surface area contributed by atoms with E-state index in [4.69, 9.17) is 0 Å². The molecule has 0 aliphatic carbocycles. The molecule has 0 bridgehead atoms. The molecule has 1 aromatic heterocycles. The highest BCUT2D eigenvalue weighted by atomic mass is 32.2. The molecule has 2 fully saturated rings. The van der Waals surface area contributed by atoms with Gasteiger partial charge in [0.1, 0.15) is 17.7 Å². The predicted octanol–water partition coefficient (Wildman–Crippen LogP) is 0.176. The van der Waals surface area contributed by atoms with Gasteiger partial charge in [-0.1, -0.05) is 17.3 Å². The molecule has 2 aliphatic rings. The first-order chi connectivity index (χ1) is 11.1. The summed E-state index contributed by atoms with van der Waals surface area (Å²) in [5, 5.41) is 11.0. The van der Waals surface area contributed by atoms with Crippen LogP contribution in [0.1, 0.15) is 6.42 Å². The Balaban J connectivity index is 1.68. The monoisotopic (exact) mass is 331 g/mol. The van der Waals surface area contributed by atoms with Gasteiger partial charge in [-0.05, 0) is 24.3 Å². The van der Waals surface area contributed by atoms with Crippen LogP contribution in [-0.2, 0) is 11.5 Å². The second-order valence-corrected chi connectivity index (χ2v) is 6.71. The average Bonchev–Trinajstić information content (AvgIpc) is 3.11. The number of benzene rings is 1. The number of hydrogen-bond acceptors (Lipinski definition) is 6. The number of carbonyl (C=O) groups is 2. The van der Waals surface area contributed by atoms with Crippen LogP contribution < -0.4 is 10.9 Å². The fourth-order valence-corrected chi connectivity index (χ4v) is 4.21. The third-order valence-corrected chi connectivity index (χ3v) is 5.36. The molecule has 1 aromatic carbocycles. The molecule has 0 radical (unpaired) electrons. The maximum Gasteiger partial charge on any atom is 0.326 e. The summed E-state index contributed by atoms with van der Waals surface area (Å²) < 4.78 is 1.04. The van der Waals surface area contributed by atoms with Gasteiger partial charge >= 0.3 is 6.03 Å². The topological polar surface area (TPSA) is 97.2 Å². The van der Waals surface area contributed by atoms with Gasteiger partial charge in [-0.2, -0.15) is 16.4 Å². The molecule has 2 aliphatic heterocycles. The number of hydrogen-bond donors (Lipinski definition) is 1. The number of fused-ring (bicyclic) bond motifs is 1. The molecule has 1 spiro atoms. The largest absolute Gasteiger partial charge is 0.326 e. The van der Waals surface area contributed by atoms with Crippen molar-refractivity contribution in [2.75, 3.05) is 11.5 Å². The molecule has 1 unspecified atom stereocenters. The lowest BCUT2D eigenvalue weighted by Crippen LogP contribution is -2.47. The second-order valence-electron chi connectivity index (χ2n) is 5.60. The van der Waals surface area contributed by atoms with Crippen LogP contribution in [0.25, 0.3) is 10.9 Å². The minimum Gasteiger partial charge on any atom is -0.322 e. The smallest absolute Gasteiger partial charge is 0.322 e. The van der Waals surface area contributed by atoms with E-state index in [2.05, 4.69) is 15.6 Å². The third-order valence-electron chi connectivity index (χ3n) is 4.17. The lowest BCUT2D eigenvalue weighted by atomic mass is 10.00. The number of nitrogens with zero attached hydrogens (tertiary/aromatic N) is 4. The van der Waals surface area contributed by atoms with Crippen LogP contribution in [0.15, 0.2) is 29.1 Å². The Labute approximate surface area is 134 Å². The molecule has 4 rings (SSSR count). The summed E-state index contributed by atoms with van der Waals surface area (Å²) in [5.74, 6) is 1.09. The van der Waals surface area contributed by atoms with Crippen LogP contribution in [0.2, 0.25) is 0 Å². The first-order valence-corrected chi connectivity index (χ1v) is 8.31. The summed E-state index contributed by atoms with van der Waals surface area (Å²) in [6, 6.07) is 6.34. The van der Waals surface area contributed by atoms with E-state index in [1.54, 1.807) is 36.0 Å². The summed E-state index contributed by atoms with van der Waals surface area (Å²) in [7, 11) is 0. The van der Waals surface area contributed by atoms with Gasteiger partial charge < -0.3 is 5.32 Å². The maximum atomic E-state index is 12.6. The fourth-order valence-electron chi connectivity index (χ4n) is 2.89. The SMILES string of the molecule is O=C1NC2(CCSC2)C(=O)N1Cn1nnc2ccccc2c1=O. The van der Waals surface area contributed by atoms with E-state index in [-0.39, 0.29) is 18.1 Å². The number of rotatable bonds is 2. The third kappa shape index (κ3) is 2.11. The van der Waals surface area contributed by atoms with Gasteiger partial charge in [0.25, 0.3) is 11.5 Å². The highest BCUT2D eigenvalue weighted by Gasteiger charge is 2.53. The molecule has 118 valence electrons. The summed E-state index contributed by atoms with van der Waals surface area (Å²) in [6.07, 6.45) is 0.608. The Bertz CT molecular complexity index is 874. The molecule has 3 amide bonds. The van der Waals surface area contributed by atoms with E-state index in [1.165, 1.54) is 0 Å². The van der Waals surface area contributed by atoms with Crippen LogP contribution in [0.5, 0.6) is 0 Å². The van der Waals surface area contributed by atoms with E-state index in [0.29, 0.717) is 23.1 Å². The van der Waals surface area contributed by atoms with Crippen molar-refractivity contribution >= 4 is 34.6 Å². The van der Waals surface area contributed by atoms with Crippen molar-refractivity contribution in [1.29, 1.82) is 0 Å². The van der Waals surface area contributed by atoms with Crippen molar-refractivity contribution in [3.8, 4) is 0 Å². The summed E-state index contributed by atoms with van der Waals surface area (Å²) >= 11 is 1.63. The van der Waals surface area contributed by atoms with Gasteiger partial charge in [0, 0.05) is 5.75 Å². The zero-order chi connectivity index (χ0) is 16.0. The van der Waals surface area contributed by atoms with Crippen molar-refractivity contribution in [2.45, 2.75) is 18.6 Å². The highest BCUT2D eigenvalue weighted by molar-refractivity contribution is 7.99. The van der Waals surface area contributed by atoms with Crippen molar-refractivity contribution in [2.24, 2.45) is 0 Å². The van der Waals surface area contributed by atoms with Crippen LogP contribution >= 0.6 is 11.8 Å². The van der Waals surface area contributed by atoms with Gasteiger partial charge in [-0.15, -0.1) is 5.10 Å². The molecule has 8 nitrogen and oxygen atoms in total. The summed E-state index contributed by atoms with van der Waals surface area (Å²) in [4.78, 5) is 38.2. The van der Waals surface area contributed by atoms with Crippen LogP contribution in [-0.4, -0.2) is 48.9 Å². The zero-order valence-electron chi connectivity index (χ0n) is 12.1. The van der Waals surface area contributed by atoms with E-state index >= 15 is 0 Å². The van der Waals surface area contributed by atoms with Crippen molar-refractivity contribution < 1.29 is 9.59 Å².